The maximum Gasteiger partial charge on any atom is 0.123 e. The Hall–Kier alpha value is -2.16. The topological polar surface area (TPSA) is 20.2 Å². The van der Waals surface area contributed by atoms with E-state index in [0.717, 1.165) is 11.1 Å². The Morgan fingerprint density at radius 3 is 1.48 bits per heavy atom. The van der Waals surface area contributed by atoms with E-state index in [1.54, 1.807) is 6.07 Å². The van der Waals surface area contributed by atoms with Crippen molar-refractivity contribution < 1.29 is 5.11 Å². The summed E-state index contributed by atoms with van der Waals surface area (Å²) >= 11 is 0. The van der Waals surface area contributed by atoms with Crippen LogP contribution >= 0.6 is 31.9 Å². The van der Waals surface area contributed by atoms with Crippen LogP contribution in [0.4, 0.5) is 0 Å². The molecule has 3 heteroatoms. The van der Waals surface area contributed by atoms with Crippen LogP contribution in [0.15, 0.2) is 109 Å². The van der Waals surface area contributed by atoms with Crippen LogP contribution in [-0.2, 0) is 0 Å². The van der Waals surface area contributed by atoms with Gasteiger partial charge in [-0.15, -0.1) is 24.0 Å². The number of benzene rings is 4. The summed E-state index contributed by atoms with van der Waals surface area (Å²) in [6.07, 6.45) is 0. The maximum absolute atomic E-state index is 10.4. The van der Waals surface area contributed by atoms with E-state index < -0.39 is 7.92 Å². The van der Waals surface area contributed by atoms with Gasteiger partial charge in [-0.1, -0.05) is 103 Å². The Morgan fingerprint density at radius 1 is 0.481 bits per heavy atom. The van der Waals surface area contributed by atoms with Gasteiger partial charge in [-0.25, -0.2) is 0 Å². The Morgan fingerprint density at radius 2 is 0.926 bits per heavy atom. The third kappa shape index (κ3) is 4.23. The van der Waals surface area contributed by atoms with Gasteiger partial charge in [-0.2, -0.15) is 0 Å². The van der Waals surface area contributed by atoms with Gasteiger partial charge >= 0.3 is 0 Å². The van der Waals surface area contributed by atoms with Crippen LogP contribution in [0.1, 0.15) is 0 Å². The van der Waals surface area contributed by atoms with E-state index >= 15 is 0 Å². The second-order valence-electron chi connectivity index (χ2n) is 6.04. The quantitative estimate of drug-likeness (QED) is 0.304. The minimum atomic E-state index is -0.714. The summed E-state index contributed by atoms with van der Waals surface area (Å²) in [5, 5.41) is 14.3. The maximum atomic E-state index is 10.4. The summed E-state index contributed by atoms with van der Waals surface area (Å²) in [6, 6.07) is 37.2. The first kappa shape index (κ1) is 19.6. The molecule has 0 heterocycles. The van der Waals surface area contributed by atoms with Crippen LogP contribution in [0, 0.1) is 0 Å². The average Bonchev–Trinajstić information content (AvgIpc) is 2.71. The number of para-hydroxylation sites is 1. The van der Waals surface area contributed by atoms with Crippen molar-refractivity contribution in [2.45, 2.75) is 0 Å². The molecule has 0 amide bonds. The van der Waals surface area contributed by atoms with Gasteiger partial charge in [-0.3, -0.25) is 0 Å². The molecule has 0 aliphatic heterocycles. The molecule has 1 nitrogen and oxygen atoms in total. The normalized spacial score (nSPS) is 10.4. The molecule has 4 aromatic rings. The molecule has 0 aromatic heterocycles. The molecule has 0 saturated carbocycles. The van der Waals surface area contributed by atoms with Gasteiger partial charge in [0.1, 0.15) is 5.75 Å². The molecular weight excluding hydrogens is 462 g/mol. The van der Waals surface area contributed by atoms with E-state index in [-0.39, 0.29) is 24.0 Å². The first-order valence-corrected chi connectivity index (χ1v) is 9.96. The standard InChI is InChI=1S/C24H19OP.HI/c25-23-17-9-7-15-21(23)22-16-8-10-18-24(22)26(19-11-3-1-4-12-19)20-13-5-2-6-14-20;/h1-18,25H;1H. The zero-order valence-corrected chi connectivity index (χ0v) is 17.9. The van der Waals surface area contributed by atoms with Gasteiger partial charge in [0.2, 0.25) is 0 Å². The monoisotopic (exact) mass is 482 g/mol. The van der Waals surface area contributed by atoms with Crippen molar-refractivity contribution >= 4 is 47.8 Å². The number of aromatic hydroxyl groups is 1. The summed E-state index contributed by atoms with van der Waals surface area (Å²) in [6.45, 7) is 0. The minimum absolute atomic E-state index is 0. The van der Waals surface area contributed by atoms with Crippen molar-refractivity contribution in [1.29, 1.82) is 0 Å². The fraction of sp³-hybridized carbons (Fsp3) is 0. The summed E-state index contributed by atoms with van der Waals surface area (Å²) in [7, 11) is -0.714. The molecule has 1 N–H and O–H groups in total. The lowest BCUT2D eigenvalue weighted by molar-refractivity contribution is 0.477. The number of hydrogen-bond acceptors (Lipinski definition) is 1. The molecule has 4 aromatic carbocycles. The molecule has 134 valence electrons. The molecule has 0 atom stereocenters. The van der Waals surface area contributed by atoms with Gasteiger partial charge in [-0.05, 0) is 35.5 Å². The Kier molecular flexibility index (Phi) is 6.65. The van der Waals surface area contributed by atoms with Crippen LogP contribution in [-0.4, -0.2) is 5.11 Å². The molecule has 0 aliphatic rings. The summed E-state index contributed by atoms with van der Waals surface area (Å²) in [5.74, 6) is 0.316. The van der Waals surface area contributed by atoms with Crippen LogP contribution in [0.25, 0.3) is 11.1 Å². The fourth-order valence-electron chi connectivity index (χ4n) is 3.18. The lowest BCUT2D eigenvalue weighted by Gasteiger charge is -2.22. The van der Waals surface area contributed by atoms with E-state index in [1.165, 1.54) is 15.9 Å². The van der Waals surface area contributed by atoms with E-state index in [9.17, 15) is 5.11 Å². The molecule has 0 spiro atoms. The van der Waals surface area contributed by atoms with Gasteiger partial charge in [0.25, 0.3) is 0 Å². The SMILES string of the molecule is I.Oc1ccccc1-c1ccccc1P(c1ccccc1)c1ccccc1. The van der Waals surface area contributed by atoms with Crippen LogP contribution < -0.4 is 15.9 Å². The van der Waals surface area contributed by atoms with E-state index in [2.05, 4.69) is 78.9 Å². The van der Waals surface area contributed by atoms with E-state index in [1.807, 2.05) is 24.3 Å². The molecule has 27 heavy (non-hydrogen) atoms. The minimum Gasteiger partial charge on any atom is -0.507 e. The van der Waals surface area contributed by atoms with Crippen molar-refractivity contribution in [3.8, 4) is 16.9 Å². The van der Waals surface area contributed by atoms with Crippen molar-refractivity contribution in [1.82, 2.24) is 0 Å². The highest BCUT2D eigenvalue weighted by Gasteiger charge is 2.20. The summed E-state index contributed by atoms with van der Waals surface area (Å²) < 4.78 is 0. The molecular formula is C24H20IOP. The van der Waals surface area contributed by atoms with Crippen molar-refractivity contribution in [3.05, 3.63) is 109 Å². The Bertz CT molecular complexity index is 963. The predicted octanol–water partition coefficient (Wildman–Crippen LogP) is 5.44. The van der Waals surface area contributed by atoms with Crippen molar-refractivity contribution in [2.24, 2.45) is 0 Å². The molecule has 0 saturated heterocycles. The van der Waals surface area contributed by atoms with E-state index in [0.29, 0.717) is 5.75 Å². The first-order valence-electron chi connectivity index (χ1n) is 8.62. The number of phenols is 1. The van der Waals surface area contributed by atoms with Gasteiger partial charge < -0.3 is 5.11 Å². The van der Waals surface area contributed by atoms with Gasteiger partial charge in [0, 0.05) is 5.56 Å². The number of rotatable bonds is 4. The van der Waals surface area contributed by atoms with Crippen molar-refractivity contribution in [2.75, 3.05) is 0 Å². The fourth-order valence-corrected chi connectivity index (χ4v) is 5.65. The zero-order valence-electron chi connectivity index (χ0n) is 14.7. The second kappa shape index (κ2) is 9.16. The first-order chi connectivity index (χ1) is 12.8. The highest BCUT2D eigenvalue weighted by Crippen LogP contribution is 2.38. The van der Waals surface area contributed by atoms with Gasteiger partial charge in [0.05, 0.1) is 0 Å². The Balaban J connectivity index is 0.00000210. The number of halogens is 1. The molecule has 0 unspecified atom stereocenters. The van der Waals surface area contributed by atoms with Crippen LogP contribution in [0.3, 0.4) is 0 Å². The van der Waals surface area contributed by atoms with Crippen molar-refractivity contribution in [3.63, 3.8) is 0 Å². The second-order valence-corrected chi connectivity index (χ2v) is 8.23. The lowest BCUT2D eigenvalue weighted by Crippen LogP contribution is -2.22. The molecule has 0 radical (unpaired) electrons. The van der Waals surface area contributed by atoms with Gasteiger partial charge in [0.15, 0.2) is 0 Å². The Labute approximate surface area is 178 Å². The predicted molar refractivity (Wildman–Crippen MR) is 128 cm³/mol. The number of phenolic OH excluding ortho intramolecular Hbond substituents is 1. The molecule has 0 aliphatic carbocycles. The third-order valence-electron chi connectivity index (χ3n) is 4.37. The molecule has 0 bridgehead atoms. The summed E-state index contributed by atoms with van der Waals surface area (Å²) in [4.78, 5) is 0. The molecule has 4 rings (SSSR count). The lowest BCUT2D eigenvalue weighted by atomic mass is 10.0. The zero-order chi connectivity index (χ0) is 17.8. The highest BCUT2D eigenvalue weighted by atomic mass is 127. The average molecular weight is 482 g/mol. The van der Waals surface area contributed by atoms with Crippen LogP contribution in [0.2, 0.25) is 0 Å². The van der Waals surface area contributed by atoms with E-state index in [4.69, 9.17) is 0 Å². The van der Waals surface area contributed by atoms with Crippen LogP contribution in [0.5, 0.6) is 5.75 Å². The summed E-state index contributed by atoms with van der Waals surface area (Å²) in [5.41, 5.74) is 1.96. The molecule has 0 fully saturated rings. The number of hydrogen-bond donors (Lipinski definition) is 1. The smallest absolute Gasteiger partial charge is 0.123 e. The largest absolute Gasteiger partial charge is 0.507 e. The highest BCUT2D eigenvalue weighted by molar-refractivity contribution is 14.0. The third-order valence-corrected chi connectivity index (χ3v) is 6.87.